The lowest BCUT2D eigenvalue weighted by atomic mass is 10.0. The summed E-state index contributed by atoms with van der Waals surface area (Å²) >= 11 is 0. The van der Waals surface area contributed by atoms with Gasteiger partial charge in [0.15, 0.2) is 0 Å². The molecule has 0 fully saturated rings. The van der Waals surface area contributed by atoms with E-state index in [1.54, 1.807) is 4.68 Å². The summed E-state index contributed by atoms with van der Waals surface area (Å²) in [5, 5.41) is 20.6. The zero-order valence-electron chi connectivity index (χ0n) is 12.6. The van der Waals surface area contributed by atoms with Gasteiger partial charge in [-0.25, -0.2) is 0 Å². The quantitative estimate of drug-likeness (QED) is 0.798. The molecule has 5 heteroatoms. The van der Waals surface area contributed by atoms with Crippen molar-refractivity contribution in [2.75, 3.05) is 0 Å². The average Bonchev–Trinajstić information content (AvgIpc) is 3.01. The summed E-state index contributed by atoms with van der Waals surface area (Å²) in [5.74, 6) is 0. The topological polar surface area (TPSA) is 55.9 Å². The second-order valence-corrected chi connectivity index (χ2v) is 5.37. The van der Waals surface area contributed by atoms with E-state index in [4.69, 9.17) is 0 Å². The number of aliphatic hydroxyl groups excluding tert-OH is 1. The number of aryl methyl sites for hydroxylation is 3. The van der Waals surface area contributed by atoms with E-state index in [-0.39, 0.29) is 0 Å². The lowest BCUT2D eigenvalue weighted by Crippen LogP contribution is -2.05. The van der Waals surface area contributed by atoms with Crippen LogP contribution < -0.4 is 0 Å². The van der Waals surface area contributed by atoms with Crippen molar-refractivity contribution in [2.24, 2.45) is 14.1 Å². The molecule has 110 valence electrons. The molecule has 3 aromatic rings. The Morgan fingerprint density at radius 1 is 1.14 bits per heavy atom. The van der Waals surface area contributed by atoms with Crippen LogP contribution in [0.3, 0.4) is 0 Å². The fourth-order valence-corrected chi connectivity index (χ4v) is 2.84. The van der Waals surface area contributed by atoms with Crippen LogP contribution in [-0.2, 0) is 26.9 Å². The molecule has 0 aliphatic carbocycles. The predicted molar refractivity (Wildman–Crippen MR) is 82.0 cm³/mol. The van der Waals surface area contributed by atoms with Crippen molar-refractivity contribution >= 4 is 10.9 Å². The van der Waals surface area contributed by atoms with Crippen molar-refractivity contribution in [1.82, 2.24) is 19.6 Å². The van der Waals surface area contributed by atoms with Gasteiger partial charge in [0.25, 0.3) is 0 Å². The van der Waals surface area contributed by atoms with Crippen LogP contribution in [0, 0.1) is 0 Å². The zero-order valence-corrected chi connectivity index (χ0v) is 12.6. The summed E-state index contributed by atoms with van der Waals surface area (Å²) < 4.78 is 3.62. The summed E-state index contributed by atoms with van der Waals surface area (Å²) in [4.78, 5) is 0. The van der Waals surface area contributed by atoms with Gasteiger partial charge in [0.1, 0.15) is 0 Å². The molecule has 0 bridgehead atoms. The molecule has 1 aromatic carbocycles. The molecule has 1 unspecified atom stereocenters. The van der Waals surface area contributed by atoms with Crippen molar-refractivity contribution in [1.29, 1.82) is 0 Å². The molecule has 0 aliphatic heterocycles. The fourth-order valence-electron chi connectivity index (χ4n) is 2.84. The number of benzene rings is 1. The first-order valence-corrected chi connectivity index (χ1v) is 7.21. The van der Waals surface area contributed by atoms with Crippen LogP contribution in [0.5, 0.6) is 0 Å². The van der Waals surface area contributed by atoms with Gasteiger partial charge in [-0.05, 0) is 12.5 Å². The minimum absolute atomic E-state index is 0.500. The molecular formula is C16H20N4O. The van der Waals surface area contributed by atoms with Gasteiger partial charge in [0.05, 0.1) is 23.0 Å². The standard InChI is InChI=1S/C16H20N4O/c1-4-13-12(10-19(2)17-13)16(21)9-14-11-7-5-6-8-15(11)20(3)18-14/h5-8,10,16,21H,4,9H2,1-3H3. The van der Waals surface area contributed by atoms with Crippen LogP contribution in [-0.4, -0.2) is 24.7 Å². The zero-order chi connectivity index (χ0) is 15.0. The molecule has 0 saturated carbocycles. The van der Waals surface area contributed by atoms with Crippen molar-refractivity contribution in [3.8, 4) is 0 Å². The minimum atomic E-state index is -0.577. The second kappa shape index (κ2) is 5.33. The first-order valence-electron chi connectivity index (χ1n) is 7.21. The molecule has 0 spiro atoms. The minimum Gasteiger partial charge on any atom is -0.388 e. The van der Waals surface area contributed by atoms with Gasteiger partial charge in [-0.1, -0.05) is 25.1 Å². The maximum atomic E-state index is 10.6. The number of hydrogen-bond donors (Lipinski definition) is 1. The molecule has 0 aliphatic rings. The summed E-state index contributed by atoms with van der Waals surface area (Å²) in [5.41, 5.74) is 3.85. The molecule has 21 heavy (non-hydrogen) atoms. The Morgan fingerprint density at radius 2 is 1.90 bits per heavy atom. The highest BCUT2D eigenvalue weighted by Gasteiger charge is 2.18. The van der Waals surface area contributed by atoms with E-state index in [0.717, 1.165) is 34.3 Å². The molecule has 1 N–H and O–H groups in total. The van der Waals surface area contributed by atoms with Crippen LogP contribution >= 0.6 is 0 Å². The van der Waals surface area contributed by atoms with Gasteiger partial charge in [0, 0.05) is 37.7 Å². The average molecular weight is 284 g/mol. The van der Waals surface area contributed by atoms with Crippen molar-refractivity contribution in [3.05, 3.63) is 47.4 Å². The van der Waals surface area contributed by atoms with Crippen molar-refractivity contribution < 1.29 is 5.11 Å². The number of fused-ring (bicyclic) bond motifs is 1. The normalized spacial score (nSPS) is 13.0. The van der Waals surface area contributed by atoms with Crippen LogP contribution in [0.2, 0.25) is 0 Å². The van der Waals surface area contributed by atoms with E-state index in [9.17, 15) is 5.11 Å². The number of aliphatic hydroxyl groups is 1. The lowest BCUT2D eigenvalue weighted by molar-refractivity contribution is 0.176. The maximum absolute atomic E-state index is 10.6. The molecule has 3 rings (SSSR count). The van der Waals surface area contributed by atoms with Gasteiger partial charge in [-0.3, -0.25) is 9.36 Å². The van der Waals surface area contributed by atoms with E-state index < -0.39 is 6.10 Å². The Labute approximate surface area is 123 Å². The summed E-state index contributed by atoms with van der Waals surface area (Å²) in [6, 6.07) is 8.09. The Hall–Kier alpha value is -2.14. The summed E-state index contributed by atoms with van der Waals surface area (Å²) in [6.07, 6.45) is 2.64. The molecule has 0 radical (unpaired) electrons. The molecule has 2 heterocycles. The monoisotopic (exact) mass is 284 g/mol. The maximum Gasteiger partial charge on any atom is 0.0879 e. The van der Waals surface area contributed by atoms with Crippen LogP contribution in [0.1, 0.15) is 30.0 Å². The Bertz CT molecular complexity index is 772. The molecule has 5 nitrogen and oxygen atoms in total. The Balaban J connectivity index is 1.94. The van der Waals surface area contributed by atoms with E-state index in [1.807, 2.05) is 49.2 Å². The smallest absolute Gasteiger partial charge is 0.0879 e. The molecule has 0 saturated heterocycles. The SMILES string of the molecule is CCc1nn(C)cc1C(O)Cc1nn(C)c2ccccc12. The number of para-hydroxylation sites is 1. The first-order chi connectivity index (χ1) is 10.1. The third kappa shape index (κ3) is 2.45. The van der Waals surface area contributed by atoms with Gasteiger partial charge >= 0.3 is 0 Å². The van der Waals surface area contributed by atoms with E-state index in [0.29, 0.717) is 6.42 Å². The van der Waals surface area contributed by atoms with E-state index >= 15 is 0 Å². The number of rotatable bonds is 4. The molecule has 0 amide bonds. The first kappa shape index (κ1) is 13.8. The highest BCUT2D eigenvalue weighted by Crippen LogP contribution is 2.25. The lowest BCUT2D eigenvalue weighted by Gasteiger charge is -2.08. The molecular weight excluding hydrogens is 264 g/mol. The number of hydrogen-bond acceptors (Lipinski definition) is 3. The van der Waals surface area contributed by atoms with Crippen LogP contribution in [0.4, 0.5) is 0 Å². The highest BCUT2D eigenvalue weighted by molar-refractivity contribution is 5.81. The van der Waals surface area contributed by atoms with E-state index in [1.165, 1.54) is 0 Å². The largest absolute Gasteiger partial charge is 0.388 e. The van der Waals surface area contributed by atoms with Crippen molar-refractivity contribution in [2.45, 2.75) is 25.9 Å². The van der Waals surface area contributed by atoms with Gasteiger partial charge < -0.3 is 5.11 Å². The van der Waals surface area contributed by atoms with Gasteiger partial charge in [0.2, 0.25) is 0 Å². The van der Waals surface area contributed by atoms with Gasteiger partial charge in [-0.15, -0.1) is 0 Å². The molecule has 2 aromatic heterocycles. The predicted octanol–water partition coefficient (Wildman–Crippen LogP) is 2.15. The second-order valence-electron chi connectivity index (χ2n) is 5.37. The fraction of sp³-hybridized carbons (Fsp3) is 0.375. The van der Waals surface area contributed by atoms with Gasteiger partial charge in [-0.2, -0.15) is 10.2 Å². The van der Waals surface area contributed by atoms with Crippen LogP contribution in [0.25, 0.3) is 10.9 Å². The summed E-state index contributed by atoms with van der Waals surface area (Å²) in [7, 11) is 3.81. The summed E-state index contributed by atoms with van der Waals surface area (Å²) in [6.45, 7) is 2.05. The molecule has 1 atom stereocenters. The van der Waals surface area contributed by atoms with E-state index in [2.05, 4.69) is 17.1 Å². The Morgan fingerprint density at radius 3 is 2.67 bits per heavy atom. The third-order valence-corrected chi connectivity index (χ3v) is 3.85. The number of nitrogens with zero attached hydrogens (tertiary/aromatic N) is 4. The Kier molecular flexibility index (Phi) is 3.51. The van der Waals surface area contributed by atoms with Crippen molar-refractivity contribution in [3.63, 3.8) is 0 Å². The number of aromatic nitrogens is 4. The highest BCUT2D eigenvalue weighted by atomic mass is 16.3. The third-order valence-electron chi connectivity index (χ3n) is 3.85. The van der Waals surface area contributed by atoms with Crippen LogP contribution in [0.15, 0.2) is 30.5 Å².